The molecule has 142 valence electrons. The Morgan fingerprint density at radius 3 is 2.78 bits per heavy atom. The van der Waals surface area contributed by atoms with Gasteiger partial charge in [-0.1, -0.05) is 18.2 Å². The van der Waals surface area contributed by atoms with Gasteiger partial charge in [-0.15, -0.1) is 0 Å². The van der Waals surface area contributed by atoms with Gasteiger partial charge in [0.25, 0.3) is 0 Å². The Bertz CT molecular complexity index is 831. The van der Waals surface area contributed by atoms with Crippen LogP contribution in [0.1, 0.15) is 30.4 Å². The fourth-order valence-electron chi connectivity index (χ4n) is 4.21. The number of aromatic nitrogens is 2. The number of ether oxygens (including phenoxy) is 1. The lowest BCUT2D eigenvalue weighted by molar-refractivity contribution is -0.123. The summed E-state index contributed by atoms with van der Waals surface area (Å²) in [4.78, 5) is 26.2. The molecule has 1 amide bonds. The van der Waals surface area contributed by atoms with Gasteiger partial charge in [0.1, 0.15) is 0 Å². The minimum absolute atomic E-state index is 0.0670. The molecule has 0 N–H and O–H groups in total. The van der Waals surface area contributed by atoms with Crippen LogP contribution in [0.15, 0.2) is 30.5 Å². The highest BCUT2D eigenvalue weighted by Crippen LogP contribution is 2.33. The SMILES string of the molecule is COc1ccnc(N2CCC(C(=O)N3CCCc4cccc(C)c43)CC2)n1. The number of amides is 1. The normalized spacial score (nSPS) is 17.6. The Morgan fingerprint density at radius 2 is 2.00 bits per heavy atom. The molecular formula is C21H26N4O2. The Morgan fingerprint density at radius 1 is 1.19 bits per heavy atom. The first-order valence-electron chi connectivity index (χ1n) is 9.69. The Hall–Kier alpha value is -2.63. The van der Waals surface area contributed by atoms with Gasteiger partial charge < -0.3 is 14.5 Å². The maximum Gasteiger partial charge on any atom is 0.230 e. The number of carbonyl (C=O) groups is 1. The molecule has 0 saturated carbocycles. The van der Waals surface area contributed by atoms with E-state index in [9.17, 15) is 4.79 Å². The lowest BCUT2D eigenvalue weighted by Gasteiger charge is -2.37. The van der Waals surface area contributed by atoms with Gasteiger partial charge in [-0.05, 0) is 43.7 Å². The highest BCUT2D eigenvalue weighted by molar-refractivity contribution is 5.97. The van der Waals surface area contributed by atoms with E-state index in [0.29, 0.717) is 11.8 Å². The van der Waals surface area contributed by atoms with Crippen LogP contribution in [0.2, 0.25) is 0 Å². The molecule has 2 aliphatic heterocycles. The van der Waals surface area contributed by atoms with E-state index in [1.165, 1.54) is 11.1 Å². The average molecular weight is 366 g/mol. The quantitative estimate of drug-likeness (QED) is 0.836. The Balaban J connectivity index is 1.45. The molecule has 1 aromatic carbocycles. The first kappa shape index (κ1) is 17.8. The lowest BCUT2D eigenvalue weighted by Crippen LogP contribution is -2.45. The molecule has 1 saturated heterocycles. The molecule has 0 atom stereocenters. The van der Waals surface area contributed by atoms with Crippen LogP contribution in [0.5, 0.6) is 5.88 Å². The van der Waals surface area contributed by atoms with Crippen molar-refractivity contribution in [3.63, 3.8) is 0 Å². The summed E-state index contributed by atoms with van der Waals surface area (Å²) in [6, 6.07) is 8.10. The van der Waals surface area contributed by atoms with Gasteiger partial charge in [0, 0.05) is 43.5 Å². The molecule has 6 nitrogen and oxygen atoms in total. The molecule has 4 rings (SSSR count). The van der Waals surface area contributed by atoms with E-state index >= 15 is 0 Å². The summed E-state index contributed by atoms with van der Waals surface area (Å²) >= 11 is 0. The van der Waals surface area contributed by atoms with Crippen LogP contribution in [-0.2, 0) is 11.2 Å². The number of piperidine rings is 1. The maximum absolute atomic E-state index is 13.3. The second kappa shape index (κ2) is 7.55. The molecule has 0 spiro atoms. The molecule has 2 aliphatic rings. The van der Waals surface area contributed by atoms with Crippen LogP contribution >= 0.6 is 0 Å². The zero-order valence-corrected chi connectivity index (χ0v) is 16.0. The number of rotatable bonds is 3. The van der Waals surface area contributed by atoms with Crippen molar-refractivity contribution in [1.29, 1.82) is 0 Å². The third kappa shape index (κ3) is 3.48. The topological polar surface area (TPSA) is 58.6 Å². The number of methoxy groups -OCH3 is 1. The highest BCUT2D eigenvalue weighted by Gasteiger charge is 2.32. The first-order chi connectivity index (χ1) is 13.2. The van der Waals surface area contributed by atoms with E-state index in [0.717, 1.165) is 51.0 Å². The fraction of sp³-hybridized carbons (Fsp3) is 0.476. The standard InChI is InChI=1S/C21H26N4O2/c1-15-5-3-6-16-7-4-12-25(19(15)16)20(26)17-9-13-24(14-10-17)21-22-11-8-18(23-21)27-2/h3,5-6,8,11,17H,4,7,9-10,12-14H2,1-2H3. The number of benzene rings is 1. The average Bonchev–Trinajstić information content (AvgIpc) is 2.73. The number of carbonyl (C=O) groups excluding carboxylic acids is 1. The number of fused-ring (bicyclic) bond motifs is 1. The van der Waals surface area contributed by atoms with Crippen LogP contribution in [0, 0.1) is 12.8 Å². The van der Waals surface area contributed by atoms with Gasteiger partial charge in [0.05, 0.1) is 7.11 Å². The van der Waals surface area contributed by atoms with Crippen molar-refractivity contribution < 1.29 is 9.53 Å². The smallest absolute Gasteiger partial charge is 0.230 e. The summed E-state index contributed by atoms with van der Waals surface area (Å²) < 4.78 is 5.19. The van der Waals surface area contributed by atoms with E-state index in [2.05, 4.69) is 40.0 Å². The molecule has 2 aromatic rings. The minimum Gasteiger partial charge on any atom is -0.481 e. The van der Waals surface area contributed by atoms with Crippen LogP contribution in [-0.4, -0.2) is 42.6 Å². The van der Waals surface area contributed by atoms with Crippen molar-refractivity contribution in [3.05, 3.63) is 41.6 Å². The highest BCUT2D eigenvalue weighted by atomic mass is 16.5. The Kier molecular flexibility index (Phi) is 4.97. The summed E-state index contributed by atoms with van der Waals surface area (Å²) in [5, 5.41) is 0. The van der Waals surface area contributed by atoms with Crippen LogP contribution in [0.25, 0.3) is 0 Å². The van der Waals surface area contributed by atoms with Crippen molar-refractivity contribution in [2.75, 3.05) is 36.5 Å². The molecule has 1 aromatic heterocycles. The van der Waals surface area contributed by atoms with Gasteiger partial charge in [-0.2, -0.15) is 4.98 Å². The van der Waals surface area contributed by atoms with E-state index in [4.69, 9.17) is 4.74 Å². The summed E-state index contributed by atoms with van der Waals surface area (Å²) in [6.07, 6.45) is 5.48. The number of para-hydroxylation sites is 1. The second-order valence-electron chi connectivity index (χ2n) is 7.34. The molecular weight excluding hydrogens is 340 g/mol. The Labute approximate surface area is 160 Å². The molecule has 27 heavy (non-hydrogen) atoms. The molecule has 3 heterocycles. The third-order valence-corrected chi connectivity index (χ3v) is 5.64. The monoisotopic (exact) mass is 366 g/mol. The number of hydrogen-bond acceptors (Lipinski definition) is 5. The van der Waals surface area contributed by atoms with Gasteiger partial charge >= 0.3 is 0 Å². The number of aryl methyl sites for hydroxylation is 2. The van der Waals surface area contributed by atoms with E-state index in [1.54, 1.807) is 19.4 Å². The largest absolute Gasteiger partial charge is 0.481 e. The van der Waals surface area contributed by atoms with Gasteiger partial charge in [-0.25, -0.2) is 4.98 Å². The third-order valence-electron chi connectivity index (χ3n) is 5.64. The molecule has 0 bridgehead atoms. The van der Waals surface area contributed by atoms with Crippen molar-refractivity contribution >= 4 is 17.5 Å². The summed E-state index contributed by atoms with van der Waals surface area (Å²) in [5.41, 5.74) is 3.65. The molecule has 0 aliphatic carbocycles. The van der Waals surface area contributed by atoms with Gasteiger partial charge in [0.15, 0.2) is 0 Å². The number of anilines is 2. The van der Waals surface area contributed by atoms with Gasteiger partial charge in [0.2, 0.25) is 17.7 Å². The summed E-state index contributed by atoms with van der Waals surface area (Å²) in [6.45, 7) is 4.51. The van der Waals surface area contributed by atoms with Crippen LogP contribution in [0.3, 0.4) is 0 Å². The van der Waals surface area contributed by atoms with Crippen molar-refractivity contribution in [2.24, 2.45) is 5.92 Å². The first-order valence-corrected chi connectivity index (χ1v) is 9.69. The molecule has 1 fully saturated rings. The van der Waals surface area contributed by atoms with Crippen molar-refractivity contribution in [3.8, 4) is 5.88 Å². The van der Waals surface area contributed by atoms with Crippen molar-refractivity contribution in [1.82, 2.24) is 9.97 Å². The van der Waals surface area contributed by atoms with E-state index < -0.39 is 0 Å². The predicted molar refractivity (Wildman–Crippen MR) is 105 cm³/mol. The maximum atomic E-state index is 13.3. The number of nitrogens with zero attached hydrogens (tertiary/aromatic N) is 4. The lowest BCUT2D eigenvalue weighted by atomic mass is 9.92. The molecule has 6 heteroatoms. The predicted octanol–water partition coefficient (Wildman–Crippen LogP) is 2.99. The molecule has 0 unspecified atom stereocenters. The van der Waals surface area contributed by atoms with Crippen LogP contribution < -0.4 is 14.5 Å². The number of hydrogen-bond donors (Lipinski definition) is 0. The van der Waals surface area contributed by atoms with E-state index in [-0.39, 0.29) is 11.8 Å². The second-order valence-corrected chi connectivity index (χ2v) is 7.34. The zero-order chi connectivity index (χ0) is 18.8. The fourth-order valence-corrected chi connectivity index (χ4v) is 4.21. The van der Waals surface area contributed by atoms with Gasteiger partial charge in [-0.3, -0.25) is 4.79 Å². The summed E-state index contributed by atoms with van der Waals surface area (Å²) in [5.74, 6) is 1.59. The molecule has 0 radical (unpaired) electrons. The van der Waals surface area contributed by atoms with Crippen molar-refractivity contribution in [2.45, 2.75) is 32.6 Å². The summed E-state index contributed by atoms with van der Waals surface area (Å²) in [7, 11) is 1.61. The van der Waals surface area contributed by atoms with Crippen LogP contribution in [0.4, 0.5) is 11.6 Å². The zero-order valence-electron chi connectivity index (χ0n) is 16.0. The minimum atomic E-state index is 0.0670. The van der Waals surface area contributed by atoms with E-state index in [1.807, 2.05) is 4.90 Å².